The molecule has 0 aromatic carbocycles. The second kappa shape index (κ2) is 6.18. The quantitative estimate of drug-likeness (QED) is 0.626. The topological polar surface area (TPSA) is 48.6 Å². The molecule has 0 aliphatic heterocycles. The van der Waals surface area contributed by atoms with Gasteiger partial charge in [0.05, 0.1) is 0 Å². The van der Waals surface area contributed by atoms with Crippen molar-refractivity contribution < 1.29 is 10.0 Å². The molecule has 48 valence electrons. The highest BCUT2D eigenvalue weighted by Crippen LogP contribution is 2.68. The lowest BCUT2D eigenvalue weighted by Crippen LogP contribution is -1.14. The van der Waals surface area contributed by atoms with Crippen LogP contribution in [0.1, 0.15) is 0 Å². The van der Waals surface area contributed by atoms with Gasteiger partial charge in [-0.1, -0.05) is 0 Å². The average molecular weight is 339 g/mol. The van der Waals surface area contributed by atoms with E-state index in [0.29, 0.717) is 0 Å². The molecule has 0 bridgehead atoms. The summed E-state index contributed by atoms with van der Waals surface area (Å²) < 4.78 is 7.76. The van der Waals surface area contributed by atoms with Crippen LogP contribution in [0.3, 0.4) is 0 Å². The average Bonchev–Trinajstić information content (AvgIpc) is 0.722. The smallest absolute Gasteiger partial charge is 0.268 e. The van der Waals surface area contributed by atoms with Crippen LogP contribution >= 0.6 is 59.6 Å². The van der Waals surface area contributed by atoms with Gasteiger partial charge in [-0.05, 0) is 0 Å². The summed E-state index contributed by atoms with van der Waals surface area (Å²) in [7, 11) is 0. The van der Waals surface area contributed by atoms with Crippen LogP contribution in [0.15, 0.2) is 0 Å². The maximum absolute atomic E-state index is 9.97. The Morgan fingerprint density at radius 3 is 1.14 bits per heavy atom. The second-order valence-corrected chi connectivity index (χ2v) is 18.8. The lowest BCUT2D eigenvalue weighted by atomic mass is 16.0. The van der Waals surface area contributed by atoms with Crippen LogP contribution in [-0.2, 0) is 4.57 Å². The fourth-order valence-electron chi connectivity index (χ4n) is 0. The molecule has 0 aromatic heterocycles. The summed E-state index contributed by atoms with van der Waals surface area (Å²) in [5.74, 6) is 0. The predicted molar refractivity (Wildman–Crippen MR) is 49.1 cm³/mol. The summed E-state index contributed by atoms with van der Waals surface area (Å²) in [4.78, 5) is 0. The molecule has 2 N–H and O–H groups in total. The maximum atomic E-state index is 9.97. The Balaban J connectivity index is -0.0000000800. The minimum atomic E-state index is -2.20. The summed E-state index contributed by atoms with van der Waals surface area (Å²) in [5, 5.41) is 0. The number of rotatable bonds is 0. The molecule has 0 fully saturated rings. The highest BCUT2D eigenvalue weighted by atomic mass is 80.0. The van der Waals surface area contributed by atoms with Crippen LogP contribution in [0.4, 0.5) is 0 Å². The van der Waals surface area contributed by atoms with E-state index < -0.39 is 3.25 Å². The van der Waals surface area contributed by atoms with Gasteiger partial charge in [0.1, 0.15) is 0 Å². The largest absolute Gasteiger partial charge is 0.412 e. The molecule has 1 atom stereocenters. The number of halogens is 3. The molecular weight excluding hydrogens is 334 g/mol. The minimum absolute atomic E-state index is 0. The lowest BCUT2D eigenvalue weighted by molar-refractivity contribution is 0.603. The maximum Gasteiger partial charge on any atom is 0.268 e. The molecule has 2 nitrogen and oxygen atoms in total. The van der Waals surface area contributed by atoms with Crippen molar-refractivity contribution in [3.63, 3.8) is 0 Å². The van der Waals surface area contributed by atoms with E-state index in [1.807, 2.05) is 0 Å². The highest BCUT2D eigenvalue weighted by molar-refractivity contribution is 9.94. The summed E-state index contributed by atoms with van der Waals surface area (Å²) in [6, 6.07) is 0. The minimum Gasteiger partial charge on any atom is -0.412 e. The molecule has 7 heteroatoms. The third-order valence-corrected chi connectivity index (χ3v) is 0. The zero-order chi connectivity index (χ0) is 4.50. The number of hydrogen-bond donors (Lipinski definition) is 0. The fraction of sp³-hybridized carbons (Fsp3) is 0. The van der Waals surface area contributed by atoms with Crippen molar-refractivity contribution in [2.75, 3.05) is 0 Å². The van der Waals surface area contributed by atoms with E-state index in [1.165, 1.54) is 0 Å². The van der Waals surface area contributed by atoms with Crippen molar-refractivity contribution in [3.8, 4) is 0 Å². The van der Waals surface area contributed by atoms with E-state index in [2.05, 4.69) is 46.5 Å². The van der Waals surface area contributed by atoms with E-state index in [0.717, 1.165) is 0 Å². The Bertz CT molecular complexity index is 57.1. The molecule has 0 saturated carbocycles. The van der Waals surface area contributed by atoms with Gasteiger partial charge in [-0.3, -0.25) is 4.57 Å². The van der Waals surface area contributed by atoms with Crippen LogP contribution in [0.2, 0.25) is 0 Å². The van der Waals surface area contributed by atoms with Crippen LogP contribution in [0, 0.1) is 0 Å². The Hall–Kier alpha value is 2.06. The molecular formula is H5Br3O2P2. The van der Waals surface area contributed by atoms with Crippen LogP contribution < -0.4 is 0 Å². The first-order valence-electron chi connectivity index (χ1n) is 0.690. The highest BCUT2D eigenvalue weighted by Gasteiger charge is 2.00. The third kappa shape index (κ3) is 69.8. The zero-order valence-electron chi connectivity index (χ0n) is 3.20. The second-order valence-electron chi connectivity index (χ2n) is 0.399. The first-order chi connectivity index (χ1) is 2.00. The van der Waals surface area contributed by atoms with Crippen molar-refractivity contribution >= 4 is 59.6 Å². The van der Waals surface area contributed by atoms with Gasteiger partial charge in [0.2, 0.25) is 0 Å². The molecule has 0 aromatic rings. The Morgan fingerprint density at radius 1 is 1.14 bits per heavy atom. The molecule has 0 aliphatic rings. The van der Waals surface area contributed by atoms with Crippen molar-refractivity contribution in [2.24, 2.45) is 0 Å². The van der Waals surface area contributed by atoms with Crippen LogP contribution in [-0.4, -0.2) is 5.48 Å². The summed E-state index contributed by atoms with van der Waals surface area (Å²) in [6.45, 7) is 0. The predicted octanol–water partition coefficient (Wildman–Crippen LogP) is 2.51. The molecule has 0 amide bonds. The molecule has 0 rings (SSSR count). The third-order valence-electron chi connectivity index (χ3n) is 0. The van der Waals surface area contributed by atoms with Gasteiger partial charge in [-0.15, -0.1) is 0 Å². The van der Waals surface area contributed by atoms with Crippen molar-refractivity contribution in [3.05, 3.63) is 0 Å². The van der Waals surface area contributed by atoms with E-state index >= 15 is 0 Å². The monoisotopic (exact) mass is 336 g/mol. The van der Waals surface area contributed by atoms with Gasteiger partial charge in [-0.25, -0.2) is 0 Å². The molecule has 1 unspecified atom stereocenters. The SMILES string of the molecule is O.O=P(Br)(Br)Br.P. The number of hydrogen-bond acceptors (Lipinski definition) is 1. The first kappa shape index (κ1) is 16.0. The van der Waals surface area contributed by atoms with E-state index in [9.17, 15) is 4.57 Å². The molecule has 7 heavy (non-hydrogen) atoms. The van der Waals surface area contributed by atoms with Gasteiger partial charge in [-0.2, -0.15) is 9.90 Å². The molecule has 0 aliphatic carbocycles. The first-order valence-corrected chi connectivity index (χ1v) is 8.45. The summed E-state index contributed by atoms with van der Waals surface area (Å²) in [5.41, 5.74) is 0. The normalized spacial score (nSPS) is 8.43. The van der Waals surface area contributed by atoms with Gasteiger partial charge < -0.3 is 5.48 Å². The zero-order valence-corrected chi connectivity index (χ0v) is 10.3. The van der Waals surface area contributed by atoms with Gasteiger partial charge >= 0.3 is 0 Å². The molecule has 0 saturated heterocycles. The lowest BCUT2D eigenvalue weighted by Gasteiger charge is -1.76. The van der Waals surface area contributed by atoms with Crippen molar-refractivity contribution in [2.45, 2.75) is 0 Å². The fourth-order valence-corrected chi connectivity index (χ4v) is 0. The van der Waals surface area contributed by atoms with Crippen LogP contribution in [0.25, 0.3) is 0 Å². The Labute approximate surface area is 69.3 Å². The molecule has 0 heterocycles. The molecule has 0 spiro atoms. The van der Waals surface area contributed by atoms with Crippen LogP contribution in [0.5, 0.6) is 0 Å². The standard InChI is InChI=1S/Br3OP.H2O.H3P/c1-5(2,3)4;;/h;1H2;1H3. The van der Waals surface area contributed by atoms with E-state index in [4.69, 9.17) is 0 Å². The Kier molecular flexibility index (Phi) is 14.2. The van der Waals surface area contributed by atoms with E-state index in [-0.39, 0.29) is 15.4 Å². The van der Waals surface area contributed by atoms with Crippen molar-refractivity contribution in [1.82, 2.24) is 0 Å². The van der Waals surface area contributed by atoms with E-state index in [1.54, 1.807) is 0 Å². The van der Waals surface area contributed by atoms with Gasteiger partial charge in [0.25, 0.3) is 3.25 Å². The van der Waals surface area contributed by atoms with Gasteiger partial charge in [0, 0.05) is 46.5 Å². The summed E-state index contributed by atoms with van der Waals surface area (Å²) >= 11 is 8.29. The molecule has 0 radical (unpaired) electrons. The Morgan fingerprint density at radius 2 is 1.14 bits per heavy atom. The summed E-state index contributed by atoms with van der Waals surface area (Å²) in [6.07, 6.45) is 0. The van der Waals surface area contributed by atoms with Crippen molar-refractivity contribution in [1.29, 1.82) is 0 Å². The van der Waals surface area contributed by atoms with Gasteiger partial charge in [0.15, 0.2) is 0 Å².